The molecule has 0 spiro atoms. The van der Waals surface area contributed by atoms with Crippen LogP contribution in [0.25, 0.3) is 17.0 Å². The van der Waals surface area contributed by atoms with Crippen molar-refractivity contribution >= 4 is 23.0 Å². The van der Waals surface area contributed by atoms with Crippen molar-refractivity contribution in [2.24, 2.45) is 0 Å². The molecule has 1 aromatic carbocycles. The minimum absolute atomic E-state index is 0.317. The molecule has 0 bridgehead atoms. The molecule has 0 saturated heterocycles. The second-order valence-electron chi connectivity index (χ2n) is 3.35. The zero-order valence-electron chi connectivity index (χ0n) is 8.23. The van der Waals surface area contributed by atoms with E-state index in [1.54, 1.807) is 19.3 Å². The van der Waals surface area contributed by atoms with Gasteiger partial charge in [0.05, 0.1) is 6.26 Å². The van der Waals surface area contributed by atoms with E-state index in [1.165, 1.54) is 0 Å². The van der Waals surface area contributed by atoms with E-state index in [2.05, 4.69) is 0 Å². The number of fused-ring (bicyclic) bond motifs is 1. The number of benzene rings is 1. The predicted molar refractivity (Wildman–Crippen MR) is 57.5 cm³/mol. The first-order chi connectivity index (χ1) is 7.16. The van der Waals surface area contributed by atoms with Crippen molar-refractivity contribution in [1.29, 1.82) is 0 Å². The molecule has 1 N–H and O–H groups in total. The maximum Gasteiger partial charge on any atom is 0.331 e. The van der Waals surface area contributed by atoms with Crippen LogP contribution >= 0.6 is 0 Å². The quantitative estimate of drug-likeness (QED) is 0.761. The summed E-state index contributed by atoms with van der Waals surface area (Å²) in [6.07, 6.45) is 3.25. The van der Waals surface area contributed by atoms with Crippen LogP contribution in [0, 0.1) is 0 Å². The molecule has 0 radical (unpaired) electrons. The van der Waals surface area contributed by atoms with E-state index in [0.717, 1.165) is 16.5 Å². The van der Waals surface area contributed by atoms with Crippen LogP contribution in [0.4, 0.5) is 0 Å². The van der Waals surface area contributed by atoms with Crippen molar-refractivity contribution in [1.82, 2.24) is 0 Å². The van der Waals surface area contributed by atoms with Crippen LogP contribution in [0.1, 0.15) is 12.5 Å². The highest BCUT2D eigenvalue weighted by molar-refractivity contribution is 5.92. The molecule has 15 heavy (non-hydrogen) atoms. The molecule has 0 atom stereocenters. The molecule has 2 rings (SSSR count). The van der Waals surface area contributed by atoms with Crippen LogP contribution in [-0.4, -0.2) is 11.1 Å². The molecular weight excluding hydrogens is 192 g/mol. The number of hydrogen-bond donors (Lipinski definition) is 1. The van der Waals surface area contributed by atoms with Crippen LogP contribution < -0.4 is 0 Å². The van der Waals surface area contributed by atoms with Crippen LogP contribution in [0.2, 0.25) is 0 Å². The first kappa shape index (κ1) is 9.52. The summed E-state index contributed by atoms with van der Waals surface area (Å²) in [5.41, 5.74) is 1.99. The van der Waals surface area contributed by atoms with E-state index in [0.29, 0.717) is 5.57 Å². The monoisotopic (exact) mass is 202 g/mol. The second kappa shape index (κ2) is 3.61. The van der Waals surface area contributed by atoms with Crippen molar-refractivity contribution in [2.45, 2.75) is 6.92 Å². The zero-order valence-corrected chi connectivity index (χ0v) is 8.23. The third-order valence-corrected chi connectivity index (χ3v) is 2.20. The summed E-state index contributed by atoms with van der Waals surface area (Å²) >= 11 is 0. The van der Waals surface area contributed by atoms with E-state index in [4.69, 9.17) is 9.52 Å². The highest BCUT2D eigenvalue weighted by atomic mass is 16.4. The SMILES string of the molecule is C/C(=C\c1ccc2occc2c1)C(=O)O. The molecule has 0 aliphatic rings. The Morgan fingerprint density at radius 2 is 2.20 bits per heavy atom. The molecule has 0 saturated carbocycles. The number of furan rings is 1. The molecule has 0 aliphatic carbocycles. The third kappa shape index (κ3) is 1.91. The lowest BCUT2D eigenvalue weighted by Crippen LogP contribution is -1.95. The Hall–Kier alpha value is -2.03. The first-order valence-corrected chi connectivity index (χ1v) is 4.55. The molecule has 76 valence electrons. The van der Waals surface area contributed by atoms with Gasteiger partial charge in [-0.25, -0.2) is 4.79 Å². The van der Waals surface area contributed by atoms with Gasteiger partial charge in [-0.1, -0.05) is 6.07 Å². The molecule has 1 heterocycles. The maximum absolute atomic E-state index is 10.6. The van der Waals surface area contributed by atoms with Crippen molar-refractivity contribution < 1.29 is 14.3 Å². The Bertz CT molecular complexity index is 535. The lowest BCUT2D eigenvalue weighted by molar-refractivity contribution is -0.132. The number of carbonyl (C=O) groups is 1. The summed E-state index contributed by atoms with van der Waals surface area (Å²) in [6, 6.07) is 7.41. The average molecular weight is 202 g/mol. The number of carboxylic acid groups (broad SMARTS) is 1. The predicted octanol–water partition coefficient (Wildman–Crippen LogP) is 2.92. The van der Waals surface area contributed by atoms with Gasteiger partial charge >= 0.3 is 5.97 Å². The topological polar surface area (TPSA) is 50.4 Å². The van der Waals surface area contributed by atoms with E-state index < -0.39 is 5.97 Å². The summed E-state index contributed by atoms with van der Waals surface area (Å²) in [5, 5.41) is 9.70. The van der Waals surface area contributed by atoms with Crippen molar-refractivity contribution in [3.63, 3.8) is 0 Å². The molecule has 3 nitrogen and oxygen atoms in total. The van der Waals surface area contributed by atoms with Crippen LogP contribution in [0.15, 0.2) is 40.5 Å². The fraction of sp³-hybridized carbons (Fsp3) is 0.0833. The van der Waals surface area contributed by atoms with Gasteiger partial charge in [0.2, 0.25) is 0 Å². The Labute approximate surface area is 86.6 Å². The molecule has 1 aromatic heterocycles. The van der Waals surface area contributed by atoms with Gasteiger partial charge in [-0.15, -0.1) is 0 Å². The van der Waals surface area contributed by atoms with Crippen LogP contribution in [0.3, 0.4) is 0 Å². The summed E-state index contributed by atoms with van der Waals surface area (Å²) in [6.45, 7) is 1.57. The van der Waals surface area contributed by atoms with Gasteiger partial charge < -0.3 is 9.52 Å². The van der Waals surface area contributed by atoms with E-state index >= 15 is 0 Å². The third-order valence-electron chi connectivity index (χ3n) is 2.20. The van der Waals surface area contributed by atoms with Gasteiger partial charge in [-0.05, 0) is 36.8 Å². The minimum Gasteiger partial charge on any atom is -0.478 e. The molecular formula is C12H10O3. The van der Waals surface area contributed by atoms with Crippen molar-refractivity contribution in [3.05, 3.63) is 41.7 Å². The zero-order chi connectivity index (χ0) is 10.8. The minimum atomic E-state index is -0.901. The van der Waals surface area contributed by atoms with Crippen molar-refractivity contribution in [3.8, 4) is 0 Å². The van der Waals surface area contributed by atoms with Gasteiger partial charge in [-0.3, -0.25) is 0 Å². The lowest BCUT2D eigenvalue weighted by atomic mass is 10.1. The molecule has 3 heteroatoms. The van der Waals surface area contributed by atoms with Gasteiger partial charge in [0, 0.05) is 11.0 Å². The highest BCUT2D eigenvalue weighted by Gasteiger charge is 2.01. The van der Waals surface area contributed by atoms with Crippen molar-refractivity contribution in [2.75, 3.05) is 0 Å². The normalized spacial score (nSPS) is 11.9. The van der Waals surface area contributed by atoms with Gasteiger partial charge in [-0.2, -0.15) is 0 Å². The smallest absolute Gasteiger partial charge is 0.331 e. The standard InChI is InChI=1S/C12H10O3/c1-8(12(13)14)6-9-2-3-11-10(7-9)4-5-15-11/h2-7H,1H3,(H,13,14)/b8-6+. The number of rotatable bonds is 2. The fourth-order valence-electron chi connectivity index (χ4n) is 1.39. The maximum atomic E-state index is 10.6. The van der Waals surface area contributed by atoms with Crippen LogP contribution in [-0.2, 0) is 4.79 Å². The fourth-order valence-corrected chi connectivity index (χ4v) is 1.39. The molecule has 0 amide bonds. The largest absolute Gasteiger partial charge is 0.478 e. The number of hydrogen-bond acceptors (Lipinski definition) is 2. The highest BCUT2D eigenvalue weighted by Crippen LogP contribution is 2.18. The summed E-state index contributed by atoms with van der Waals surface area (Å²) in [7, 11) is 0. The molecule has 0 aliphatic heterocycles. The summed E-state index contributed by atoms with van der Waals surface area (Å²) in [4.78, 5) is 10.6. The van der Waals surface area contributed by atoms with Gasteiger partial charge in [0.1, 0.15) is 5.58 Å². The van der Waals surface area contributed by atoms with E-state index in [9.17, 15) is 4.79 Å². The molecule has 0 unspecified atom stereocenters. The Morgan fingerprint density at radius 1 is 1.40 bits per heavy atom. The van der Waals surface area contributed by atoms with Crippen LogP contribution in [0.5, 0.6) is 0 Å². The first-order valence-electron chi connectivity index (χ1n) is 4.55. The Morgan fingerprint density at radius 3 is 2.93 bits per heavy atom. The molecule has 0 fully saturated rings. The number of carboxylic acids is 1. The lowest BCUT2D eigenvalue weighted by Gasteiger charge is -1.95. The Balaban J connectivity index is 2.44. The summed E-state index contributed by atoms with van der Waals surface area (Å²) in [5.74, 6) is -0.901. The van der Waals surface area contributed by atoms with E-state index in [1.807, 2.05) is 24.3 Å². The Kier molecular flexibility index (Phi) is 2.29. The second-order valence-corrected chi connectivity index (χ2v) is 3.35. The van der Waals surface area contributed by atoms with E-state index in [-0.39, 0.29) is 0 Å². The van der Waals surface area contributed by atoms with Gasteiger partial charge in [0.25, 0.3) is 0 Å². The number of aliphatic carboxylic acids is 1. The summed E-state index contributed by atoms with van der Waals surface area (Å²) < 4.78 is 5.19. The van der Waals surface area contributed by atoms with Gasteiger partial charge in [0.15, 0.2) is 0 Å². The molecule has 2 aromatic rings. The average Bonchev–Trinajstić information content (AvgIpc) is 2.64.